The molecule has 0 aromatic carbocycles. The maximum atomic E-state index is 14.7. The molecule has 8 nitrogen and oxygen atoms in total. The number of aliphatic hydroxyl groups excluding tert-OH is 2. The van der Waals surface area contributed by atoms with Crippen LogP contribution in [0.4, 0.5) is 0 Å². The van der Waals surface area contributed by atoms with Gasteiger partial charge in [-0.05, 0) is 42.7 Å². The van der Waals surface area contributed by atoms with Crippen LogP contribution in [0.3, 0.4) is 0 Å². The molecule has 1 unspecified atom stereocenters. The van der Waals surface area contributed by atoms with Crippen molar-refractivity contribution >= 4 is 17.7 Å². The molecule has 232 valence electrons. The first-order valence-electron chi connectivity index (χ1n) is 15.5. The lowest BCUT2D eigenvalue weighted by Gasteiger charge is -2.48. The van der Waals surface area contributed by atoms with Crippen LogP contribution in [0.15, 0.2) is 23.3 Å². The minimum Gasteiger partial charge on any atom is -0.461 e. The molecule has 1 saturated carbocycles. The number of unbranched alkanes of at least 4 members (excludes halogenated alkanes) is 4. The summed E-state index contributed by atoms with van der Waals surface area (Å²) in [5, 5.41) is 34.7. The van der Waals surface area contributed by atoms with Crippen LogP contribution in [0.1, 0.15) is 100 Å². The van der Waals surface area contributed by atoms with E-state index in [1.54, 1.807) is 19.9 Å². The number of Topliss-reactive ketones (excluding diaryl/α,β-unsaturated/α-hetero) is 1. The molecule has 1 fully saturated rings. The second-order valence-corrected chi connectivity index (χ2v) is 13.8. The van der Waals surface area contributed by atoms with Crippen molar-refractivity contribution in [3.63, 3.8) is 0 Å². The van der Waals surface area contributed by atoms with Crippen molar-refractivity contribution < 1.29 is 39.2 Å². The average Bonchev–Trinajstić information content (AvgIpc) is 3.07. The van der Waals surface area contributed by atoms with Crippen molar-refractivity contribution in [3.8, 4) is 0 Å². The molecule has 3 aliphatic rings. The van der Waals surface area contributed by atoms with Gasteiger partial charge in [0.25, 0.3) is 0 Å². The molecule has 0 saturated heterocycles. The first kappa shape index (κ1) is 33.5. The van der Waals surface area contributed by atoms with Crippen LogP contribution >= 0.6 is 0 Å². The van der Waals surface area contributed by atoms with E-state index in [0.717, 1.165) is 25.7 Å². The molecule has 0 radical (unpaired) electrons. The second kappa shape index (κ2) is 12.7. The van der Waals surface area contributed by atoms with Crippen LogP contribution < -0.4 is 0 Å². The Morgan fingerprint density at radius 3 is 2.32 bits per heavy atom. The molecule has 3 aliphatic carbocycles. The number of carbonyl (C=O) groups is 3. The van der Waals surface area contributed by atoms with Crippen molar-refractivity contribution in [1.29, 1.82) is 0 Å². The van der Waals surface area contributed by atoms with Gasteiger partial charge < -0.3 is 24.8 Å². The van der Waals surface area contributed by atoms with Crippen LogP contribution in [-0.2, 0) is 23.9 Å². The molecule has 41 heavy (non-hydrogen) atoms. The maximum absolute atomic E-state index is 14.7. The Labute approximate surface area is 245 Å². The van der Waals surface area contributed by atoms with Gasteiger partial charge in [-0.15, -0.1) is 0 Å². The number of hydrogen-bond acceptors (Lipinski definition) is 8. The molecule has 0 amide bonds. The molecule has 8 heteroatoms. The molecule has 3 rings (SSSR count). The second-order valence-electron chi connectivity index (χ2n) is 13.8. The molecule has 0 aromatic heterocycles. The van der Waals surface area contributed by atoms with Crippen molar-refractivity contribution in [3.05, 3.63) is 23.3 Å². The van der Waals surface area contributed by atoms with E-state index in [1.165, 1.54) is 6.08 Å². The van der Waals surface area contributed by atoms with Gasteiger partial charge in [0.1, 0.15) is 12.2 Å². The number of carbonyl (C=O) groups excluding carboxylic acids is 3. The lowest BCUT2D eigenvalue weighted by Crippen LogP contribution is -2.65. The predicted octanol–water partition coefficient (Wildman–Crippen LogP) is 4.68. The lowest BCUT2D eigenvalue weighted by molar-refractivity contribution is -0.205. The number of esters is 2. The monoisotopic (exact) mass is 576 g/mol. The van der Waals surface area contributed by atoms with Crippen molar-refractivity contribution in [1.82, 2.24) is 0 Å². The molecule has 2 bridgehead atoms. The van der Waals surface area contributed by atoms with E-state index >= 15 is 0 Å². The third-order valence-electron chi connectivity index (χ3n) is 10.0. The van der Waals surface area contributed by atoms with Crippen LogP contribution in [-0.4, -0.2) is 63.6 Å². The first-order valence-corrected chi connectivity index (χ1v) is 15.5. The summed E-state index contributed by atoms with van der Waals surface area (Å²) in [6.07, 6.45) is 4.81. The summed E-state index contributed by atoms with van der Waals surface area (Å²) in [5.74, 6) is -3.35. The standard InChI is InChI=1S/C33H52O8/c1-9-10-11-12-13-14-25(35)40-29-24-15-23(18-34)26(36)33(39)28(41-30(38)22(6)19(2)3)20(4)16-32(33,27(24)37)21(5)17-31(29,7)8/h15-16,19,21-22,24,26,28-29,34,36,39H,9-14,17-18H2,1-8H3/t21-,22?,24-,26-,28+,29-,32+,33+/m1/s1. The van der Waals surface area contributed by atoms with Crippen molar-refractivity contribution in [2.24, 2.45) is 34.5 Å². The Balaban J connectivity index is 2.08. The molecule has 0 aliphatic heterocycles. The van der Waals surface area contributed by atoms with Gasteiger partial charge in [0.05, 0.1) is 23.9 Å². The highest BCUT2D eigenvalue weighted by Gasteiger charge is 2.73. The van der Waals surface area contributed by atoms with Gasteiger partial charge in [-0.1, -0.05) is 86.3 Å². The summed E-state index contributed by atoms with van der Waals surface area (Å²) in [4.78, 5) is 40.9. The number of ketones is 1. The lowest BCUT2D eigenvalue weighted by atomic mass is 9.59. The highest BCUT2D eigenvalue weighted by molar-refractivity contribution is 5.95. The fourth-order valence-corrected chi connectivity index (χ4v) is 7.39. The van der Waals surface area contributed by atoms with Gasteiger partial charge in [0.2, 0.25) is 0 Å². The van der Waals surface area contributed by atoms with Gasteiger partial charge in [-0.25, -0.2) is 0 Å². The van der Waals surface area contributed by atoms with E-state index in [-0.39, 0.29) is 23.9 Å². The van der Waals surface area contributed by atoms with E-state index < -0.39 is 70.9 Å². The molecule has 0 aromatic rings. The highest BCUT2D eigenvalue weighted by atomic mass is 16.6. The van der Waals surface area contributed by atoms with Gasteiger partial charge in [-0.2, -0.15) is 0 Å². The average molecular weight is 577 g/mol. The summed E-state index contributed by atoms with van der Waals surface area (Å²) < 4.78 is 12.0. The van der Waals surface area contributed by atoms with Crippen LogP contribution in [0.25, 0.3) is 0 Å². The minimum atomic E-state index is -2.25. The van der Waals surface area contributed by atoms with E-state index in [9.17, 15) is 29.7 Å². The number of hydrogen-bond donors (Lipinski definition) is 3. The molecule has 3 N–H and O–H groups in total. The molecule has 0 heterocycles. The molecule has 8 atom stereocenters. The third kappa shape index (κ3) is 5.81. The topological polar surface area (TPSA) is 130 Å². The predicted molar refractivity (Wildman–Crippen MR) is 156 cm³/mol. The summed E-state index contributed by atoms with van der Waals surface area (Å²) >= 11 is 0. The fourth-order valence-electron chi connectivity index (χ4n) is 7.39. The van der Waals surface area contributed by atoms with Gasteiger partial charge in [0.15, 0.2) is 17.5 Å². The van der Waals surface area contributed by atoms with Crippen LogP contribution in [0.2, 0.25) is 0 Å². The summed E-state index contributed by atoms with van der Waals surface area (Å²) in [6.45, 7) is 14.5. The molecular formula is C33H52O8. The number of ether oxygens (including phenoxy) is 2. The van der Waals surface area contributed by atoms with E-state index in [4.69, 9.17) is 9.47 Å². The number of aliphatic hydroxyl groups is 3. The Hall–Kier alpha value is -2.03. The fraction of sp³-hybridized carbons (Fsp3) is 0.788. The summed E-state index contributed by atoms with van der Waals surface area (Å²) in [5.41, 5.74) is -4.06. The largest absolute Gasteiger partial charge is 0.461 e. The molecule has 1 spiro atoms. The Bertz CT molecular complexity index is 1060. The van der Waals surface area contributed by atoms with Crippen LogP contribution in [0.5, 0.6) is 0 Å². The normalized spacial score (nSPS) is 35.1. The highest BCUT2D eigenvalue weighted by Crippen LogP contribution is 2.61. The van der Waals surface area contributed by atoms with Crippen molar-refractivity contribution in [2.45, 2.75) is 124 Å². The van der Waals surface area contributed by atoms with E-state index in [2.05, 4.69) is 6.92 Å². The number of fused-ring (bicyclic) bond motifs is 1. The minimum absolute atomic E-state index is 0.0190. The van der Waals surface area contributed by atoms with Gasteiger partial charge in [-0.3, -0.25) is 14.4 Å². The quantitative estimate of drug-likeness (QED) is 0.184. The first-order chi connectivity index (χ1) is 19.1. The van der Waals surface area contributed by atoms with Crippen LogP contribution in [0, 0.1) is 34.5 Å². The zero-order valence-corrected chi connectivity index (χ0v) is 26.2. The summed E-state index contributed by atoms with van der Waals surface area (Å²) in [7, 11) is 0. The summed E-state index contributed by atoms with van der Waals surface area (Å²) in [6, 6.07) is 0. The van der Waals surface area contributed by atoms with Gasteiger partial charge >= 0.3 is 11.9 Å². The number of rotatable bonds is 11. The zero-order valence-electron chi connectivity index (χ0n) is 26.2. The maximum Gasteiger partial charge on any atom is 0.309 e. The van der Waals surface area contributed by atoms with E-state index in [0.29, 0.717) is 18.4 Å². The zero-order chi connectivity index (χ0) is 30.9. The van der Waals surface area contributed by atoms with Gasteiger partial charge in [0, 0.05) is 11.8 Å². The third-order valence-corrected chi connectivity index (χ3v) is 10.0. The Kier molecular flexibility index (Phi) is 10.4. The van der Waals surface area contributed by atoms with E-state index in [1.807, 2.05) is 34.6 Å². The molecular weight excluding hydrogens is 524 g/mol. The Morgan fingerprint density at radius 2 is 1.73 bits per heavy atom. The van der Waals surface area contributed by atoms with Crippen molar-refractivity contribution in [2.75, 3.05) is 6.61 Å². The Morgan fingerprint density at radius 1 is 1.10 bits per heavy atom. The smallest absolute Gasteiger partial charge is 0.309 e. The SMILES string of the molecule is CCCCCCCC(=O)O[C@@H]1[C@@H]2C=C(CO)[C@@H](O)[C@]3(O)[C@@H](OC(=O)C(C)C(C)C)C(C)=C[C@@]3(C2=O)[C@H](C)CC1(C)C.